The lowest BCUT2D eigenvalue weighted by Crippen LogP contribution is -2.14. The first-order valence-electron chi connectivity index (χ1n) is 8.91. The number of rotatable bonds is 7. The predicted molar refractivity (Wildman–Crippen MR) is 109 cm³/mol. The molecule has 0 radical (unpaired) electrons. The molecule has 2 aromatic heterocycles. The summed E-state index contributed by atoms with van der Waals surface area (Å²) in [5.41, 5.74) is 0.263. The van der Waals surface area contributed by atoms with E-state index in [1.54, 1.807) is 41.3 Å². The van der Waals surface area contributed by atoms with Crippen LogP contribution >= 0.6 is 0 Å². The van der Waals surface area contributed by atoms with Crippen LogP contribution in [0.1, 0.15) is 0 Å². The van der Waals surface area contributed by atoms with E-state index >= 15 is 0 Å². The van der Waals surface area contributed by atoms with Gasteiger partial charge < -0.3 is 9.47 Å². The molecule has 0 saturated heterocycles. The minimum absolute atomic E-state index is 0.0330. The van der Waals surface area contributed by atoms with Gasteiger partial charge in [-0.25, -0.2) is 27.5 Å². The molecule has 2 heterocycles. The molecule has 0 unspecified atom stereocenters. The second-order valence-corrected chi connectivity index (χ2v) is 7.84. The Bertz CT molecular complexity index is 1300. The van der Waals surface area contributed by atoms with Gasteiger partial charge in [-0.2, -0.15) is 5.10 Å². The highest BCUT2D eigenvalue weighted by Gasteiger charge is 2.20. The summed E-state index contributed by atoms with van der Waals surface area (Å²) < 4.78 is 53.5. The molecule has 0 saturated carbocycles. The van der Waals surface area contributed by atoms with Crippen LogP contribution in [0.15, 0.2) is 78.2 Å². The fourth-order valence-electron chi connectivity index (χ4n) is 2.70. The summed E-state index contributed by atoms with van der Waals surface area (Å²) >= 11 is 0. The highest BCUT2D eigenvalue weighted by molar-refractivity contribution is 7.92. The third-order valence-electron chi connectivity index (χ3n) is 4.11. The minimum atomic E-state index is -4.07. The third kappa shape index (κ3) is 4.61. The van der Waals surface area contributed by atoms with Crippen molar-refractivity contribution in [3.63, 3.8) is 0 Å². The van der Waals surface area contributed by atoms with Crippen molar-refractivity contribution >= 4 is 15.7 Å². The van der Waals surface area contributed by atoms with Gasteiger partial charge in [0, 0.05) is 24.1 Å². The molecule has 1 N–H and O–H groups in total. The van der Waals surface area contributed by atoms with Crippen molar-refractivity contribution in [2.45, 2.75) is 4.90 Å². The van der Waals surface area contributed by atoms with Gasteiger partial charge in [-0.1, -0.05) is 0 Å². The summed E-state index contributed by atoms with van der Waals surface area (Å²) in [7, 11) is -2.76. The van der Waals surface area contributed by atoms with E-state index in [1.165, 1.54) is 31.6 Å². The second kappa shape index (κ2) is 8.40. The molecule has 0 amide bonds. The lowest BCUT2D eigenvalue weighted by atomic mass is 10.3. The first-order valence-corrected chi connectivity index (χ1v) is 10.4. The Kier molecular flexibility index (Phi) is 5.50. The highest BCUT2D eigenvalue weighted by Crippen LogP contribution is 2.28. The molecule has 0 aliphatic rings. The molecule has 0 aliphatic heterocycles. The Balaban J connectivity index is 1.50. The smallest absolute Gasteiger partial charge is 0.265 e. The van der Waals surface area contributed by atoms with E-state index in [0.29, 0.717) is 17.4 Å². The van der Waals surface area contributed by atoms with Crippen LogP contribution in [-0.2, 0) is 10.0 Å². The first kappa shape index (κ1) is 20.3. The molecule has 0 atom stereocenters. The molecular weight excluding hydrogens is 425 g/mol. The summed E-state index contributed by atoms with van der Waals surface area (Å²) in [6, 6.07) is 12.8. The Hall–Kier alpha value is -3.99. The monoisotopic (exact) mass is 441 g/mol. The van der Waals surface area contributed by atoms with Gasteiger partial charge in [-0.3, -0.25) is 4.72 Å². The molecule has 0 bridgehead atoms. The zero-order valence-corrected chi connectivity index (χ0v) is 17.0. The van der Waals surface area contributed by atoms with Crippen LogP contribution in [0.5, 0.6) is 17.4 Å². The van der Waals surface area contributed by atoms with Gasteiger partial charge in [-0.15, -0.1) is 0 Å². The molecule has 158 valence electrons. The largest absolute Gasteiger partial charge is 0.495 e. The molecule has 4 aromatic rings. The SMILES string of the molecule is COc1ccc(F)cc1S(=O)(=O)Nc1ccc(Oc2cc(-n3cccn3)ncn2)cc1. The van der Waals surface area contributed by atoms with Crippen LogP contribution in [0.2, 0.25) is 0 Å². The summed E-state index contributed by atoms with van der Waals surface area (Å²) in [6.45, 7) is 0. The zero-order chi connectivity index (χ0) is 21.8. The van der Waals surface area contributed by atoms with Crippen LogP contribution in [0.25, 0.3) is 5.82 Å². The molecule has 0 aliphatic carbocycles. The second-order valence-electron chi connectivity index (χ2n) is 6.19. The summed E-state index contributed by atoms with van der Waals surface area (Å²) in [5, 5.41) is 4.10. The normalized spacial score (nSPS) is 11.2. The molecule has 0 spiro atoms. The number of sulfonamides is 1. The van der Waals surface area contributed by atoms with E-state index in [-0.39, 0.29) is 16.3 Å². The van der Waals surface area contributed by atoms with Crippen molar-refractivity contribution in [1.29, 1.82) is 0 Å². The zero-order valence-electron chi connectivity index (χ0n) is 16.1. The maximum Gasteiger partial charge on any atom is 0.265 e. The van der Waals surface area contributed by atoms with Crippen molar-refractivity contribution in [2.24, 2.45) is 0 Å². The standard InChI is InChI=1S/C20H16FN5O4S/c1-29-17-8-3-14(21)11-18(17)31(27,28)25-15-4-6-16(7-5-15)30-20-12-19(22-13-23-20)26-10-2-9-24-26/h2-13,25H,1H3. The van der Waals surface area contributed by atoms with Crippen LogP contribution in [-0.4, -0.2) is 35.3 Å². The number of hydrogen-bond donors (Lipinski definition) is 1. The van der Waals surface area contributed by atoms with Crippen molar-refractivity contribution in [3.8, 4) is 23.2 Å². The molecule has 11 heteroatoms. The summed E-state index contributed by atoms with van der Waals surface area (Å²) in [6.07, 6.45) is 4.71. The van der Waals surface area contributed by atoms with Gasteiger partial charge in [-0.05, 0) is 48.5 Å². The number of ether oxygens (including phenoxy) is 2. The molecule has 0 fully saturated rings. The van der Waals surface area contributed by atoms with E-state index in [0.717, 1.165) is 12.1 Å². The Morgan fingerprint density at radius 2 is 1.87 bits per heavy atom. The molecule has 4 rings (SSSR count). The maximum absolute atomic E-state index is 13.6. The quantitative estimate of drug-likeness (QED) is 0.468. The predicted octanol–water partition coefficient (Wildman–Crippen LogP) is 3.40. The van der Waals surface area contributed by atoms with Gasteiger partial charge >= 0.3 is 0 Å². The Morgan fingerprint density at radius 3 is 2.58 bits per heavy atom. The Labute approximate surface area is 177 Å². The van der Waals surface area contributed by atoms with Crippen LogP contribution < -0.4 is 14.2 Å². The number of anilines is 1. The van der Waals surface area contributed by atoms with Crippen molar-refractivity contribution in [3.05, 3.63) is 79.1 Å². The van der Waals surface area contributed by atoms with Gasteiger partial charge in [0.25, 0.3) is 10.0 Å². The Morgan fingerprint density at radius 1 is 1.06 bits per heavy atom. The van der Waals surface area contributed by atoms with E-state index in [2.05, 4.69) is 19.8 Å². The highest BCUT2D eigenvalue weighted by atomic mass is 32.2. The number of methoxy groups -OCH3 is 1. The number of benzene rings is 2. The van der Waals surface area contributed by atoms with Crippen molar-refractivity contribution < 1.29 is 22.3 Å². The van der Waals surface area contributed by atoms with Crippen molar-refractivity contribution in [1.82, 2.24) is 19.7 Å². The van der Waals surface area contributed by atoms with Gasteiger partial charge in [0.05, 0.1) is 7.11 Å². The molecule has 31 heavy (non-hydrogen) atoms. The van der Waals surface area contributed by atoms with Crippen molar-refractivity contribution in [2.75, 3.05) is 11.8 Å². The topological polar surface area (TPSA) is 108 Å². The van der Waals surface area contributed by atoms with E-state index in [1.807, 2.05) is 0 Å². The third-order valence-corrected chi connectivity index (χ3v) is 5.51. The van der Waals surface area contributed by atoms with Crippen LogP contribution in [0, 0.1) is 5.82 Å². The average molecular weight is 441 g/mol. The van der Waals surface area contributed by atoms with E-state index < -0.39 is 15.8 Å². The number of nitrogens with zero attached hydrogens (tertiary/aromatic N) is 4. The van der Waals surface area contributed by atoms with Gasteiger partial charge in [0.2, 0.25) is 5.88 Å². The van der Waals surface area contributed by atoms with Crippen LogP contribution in [0.3, 0.4) is 0 Å². The van der Waals surface area contributed by atoms with E-state index in [9.17, 15) is 12.8 Å². The lowest BCUT2D eigenvalue weighted by molar-refractivity contribution is 0.401. The van der Waals surface area contributed by atoms with Crippen LogP contribution in [0.4, 0.5) is 10.1 Å². The van der Waals surface area contributed by atoms with E-state index in [4.69, 9.17) is 9.47 Å². The number of nitrogens with one attached hydrogen (secondary N) is 1. The average Bonchev–Trinajstić information content (AvgIpc) is 3.30. The lowest BCUT2D eigenvalue weighted by Gasteiger charge is -2.12. The molecule has 9 nitrogen and oxygen atoms in total. The minimum Gasteiger partial charge on any atom is -0.495 e. The molecule has 2 aromatic carbocycles. The summed E-state index contributed by atoms with van der Waals surface area (Å²) in [4.78, 5) is 7.88. The summed E-state index contributed by atoms with van der Waals surface area (Å²) in [5.74, 6) is 0.591. The van der Waals surface area contributed by atoms with Gasteiger partial charge in [0.15, 0.2) is 5.82 Å². The van der Waals surface area contributed by atoms with Gasteiger partial charge in [0.1, 0.15) is 28.5 Å². The maximum atomic E-state index is 13.6. The molecular formula is C20H16FN5O4S. The number of hydrogen-bond acceptors (Lipinski definition) is 7. The number of aromatic nitrogens is 4. The fourth-order valence-corrected chi connectivity index (χ4v) is 3.94. The fraction of sp³-hybridized carbons (Fsp3) is 0.0500. The number of halogens is 1. The first-order chi connectivity index (χ1) is 14.9.